The highest BCUT2D eigenvalue weighted by molar-refractivity contribution is 6.23. The first-order valence-corrected chi connectivity index (χ1v) is 8.85. The van der Waals surface area contributed by atoms with E-state index in [4.69, 9.17) is 16.4 Å². The number of fused-ring (bicyclic) bond motifs is 1. The fourth-order valence-corrected chi connectivity index (χ4v) is 3.64. The lowest BCUT2D eigenvalue weighted by molar-refractivity contribution is -0.0388. The van der Waals surface area contributed by atoms with E-state index < -0.39 is 36.2 Å². The van der Waals surface area contributed by atoms with E-state index >= 15 is 0 Å². The fraction of sp³-hybridized carbons (Fsp3) is 0.800. The Hall–Kier alpha value is -1.83. The zero-order valence-electron chi connectivity index (χ0n) is 15.4. The number of hydrogen-bond acceptors (Lipinski definition) is 10. The molecule has 3 rings (SSSR count). The quantitative estimate of drug-likeness (QED) is 0.236. The predicted molar refractivity (Wildman–Crippen MR) is 95.4 cm³/mol. The summed E-state index contributed by atoms with van der Waals surface area (Å²) in [5.41, 5.74) is 4.95. The summed E-state index contributed by atoms with van der Waals surface area (Å²) >= 11 is 0. The molecule has 152 valence electrons. The van der Waals surface area contributed by atoms with Crippen LogP contribution in [-0.2, 0) is 9.57 Å². The minimum Gasteiger partial charge on any atom is -0.388 e. The Kier molecular flexibility index (Phi) is 5.65. The number of amides is 2. The van der Waals surface area contributed by atoms with Crippen molar-refractivity contribution in [2.45, 2.75) is 50.0 Å². The van der Waals surface area contributed by atoms with Crippen molar-refractivity contribution in [3.8, 4) is 0 Å². The van der Waals surface area contributed by atoms with E-state index in [2.05, 4.69) is 20.1 Å². The van der Waals surface area contributed by atoms with Crippen molar-refractivity contribution in [1.29, 1.82) is 0 Å². The summed E-state index contributed by atoms with van der Waals surface area (Å²) in [4.78, 5) is 29.0. The molecule has 12 heteroatoms. The molecule has 2 saturated heterocycles. The van der Waals surface area contributed by atoms with E-state index in [-0.39, 0.29) is 12.5 Å². The van der Waals surface area contributed by atoms with Gasteiger partial charge in [-0.15, -0.1) is 0 Å². The summed E-state index contributed by atoms with van der Waals surface area (Å²) < 4.78 is 5.62. The van der Waals surface area contributed by atoms with Crippen molar-refractivity contribution >= 4 is 17.7 Å². The molecule has 3 aliphatic heterocycles. The standard InChI is InChI=1S/C15H27N7O5/c1-8-9(23)10(24)11(27-8)22-13-15(20-14(22)25,12(16)18-7-19-13)21(2)5-3-4-6-26-17/h8-11,23-24H,3-7,17H2,1-2H3,(H2,16,18)(H,20,25)/t8-,9-,10-,11-,15?/m1/s1. The molecule has 0 radical (unpaired) electrons. The molecule has 0 aliphatic carbocycles. The minimum atomic E-state index is -1.27. The molecule has 0 saturated carbocycles. The number of carbonyl (C=O) groups excluding carboxylic acids is 1. The van der Waals surface area contributed by atoms with Crippen LogP contribution in [0.25, 0.3) is 0 Å². The number of amidine groups is 2. The minimum absolute atomic E-state index is 0.0597. The van der Waals surface area contributed by atoms with E-state index in [0.717, 1.165) is 12.8 Å². The Morgan fingerprint density at radius 2 is 2.15 bits per heavy atom. The van der Waals surface area contributed by atoms with Gasteiger partial charge in [-0.1, -0.05) is 0 Å². The van der Waals surface area contributed by atoms with Gasteiger partial charge in [-0.3, -0.25) is 4.90 Å². The van der Waals surface area contributed by atoms with Crippen LogP contribution >= 0.6 is 0 Å². The fourth-order valence-electron chi connectivity index (χ4n) is 3.64. The van der Waals surface area contributed by atoms with E-state index in [0.29, 0.717) is 19.0 Å². The van der Waals surface area contributed by atoms with Gasteiger partial charge in [0.25, 0.3) is 0 Å². The Labute approximate surface area is 156 Å². The number of likely N-dealkylation sites (N-methyl/N-ethyl adjacent to an activating group) is 1. The monoisotopic (exact) mass is 385 g/mol. The van der Waals surface area contributed by atoms with Gasteiger partial charge in [-0.25, -0.2) is 25.6 Å². The molecule has 2 fully saturated rings. The third-order valence-electron chi connectivity index (χ3n) is 5.20. The highest BCUT2D eigenvalue weighted by Crippen LogP contribution is 2.32. The Morgan fingerprint density at radius 1 is 1.41 bits per heavy atom. The number of aliphatic hydroxyl groups is 2. The molecule has 0 aromatic carbocycles. The van der Waals surface area contributed by atoms with Crippen LogP contribution in [0.4, 0.5) is 4.79 Å². The number of unbranched alkanes of at least 4 members (excludes halogenated alkanes) is 1. The second kappa shape index (κ2) is 7.66. The van der Waals surface area contributed by atoms with Gasteiger partial charge < -0.3 is 30.8 Å². The number of aliphatic hydroxyl groups excluding tert-OH is 2. The number of urea groups is 1. The number of hydrogen-bond donors (Lipinski definition) is 5. The molecule has 0 spiro atoms. The van der Waals surface area contributed by atoms with E-state index in [9.17, 15) is 15.0 Å². The third-order valence-corrected chi connectivity index (χ3v) is 5.20. The van der Waals surface area contributed by atoms with Crippen molar-refractivity contribution in [3.05, 3.63) is 0 Å². The van der Waals surface area contributed by atoms with Gasteiger partial charge in [-0.2, -0.15) is 0 Å². The number of rotatable bonds is 7. The van der Waals surface area contributed by atoms with E-state index in [1.165, 1.54) is 4.90 Å². The number of carbonyl (C=O) groups is 1. The molecule has 0 aromatic rings. The van der Waals surface area contributed by atoms with Gasteiger partial charge in [0.05, 0.1) is 12.7 Å². The topological polar surface area (TPSA) is 171 Å². The Bertz CT molecular complexity index is 644. The summed E-state index contributed by atoms with van der Waals surface area (Å²) in [6.45, 7) is 2.66. The second-order valence-electron chi connectivity index (χ2n) is 6.89. The molecular formula is C15H27N7O5. The molecule has 0 bridgehead atoms. The largest absolute Gasteiger partial charge is 0.388 e. The molecule has 12 nitrogen and oxygen atoms in total. The zero-order chi connectivity index (χ0) is 19.8. The van der Waals surface area contributed by atoms with Crippen LogP contribution in [0.15, 0.2) is 9.98 Å². The SMILES string of the molecule is C[C@H]1O[C@@H](N2C(=O)NC3(N(C)CCCCON)C(N)=NCN=C23)[C@H](O)[C@@H]1O. The summed E-state index contributed by atoms with van der Waals surface area (Å²) in [7, 11) is 1.79. The van der Waals surface area contributed by atoms with Gasteiger partial charge in [0, 0.05) is 6.54 Å². The van der Waals surface area contributed by atoms with Crippen LogP contribution in [0.5, 0.6) is 0 Å². The smallest absolute Gasteiger partial charge is 0.327 e. The van der Waals surface area contributed by atoms with Gasteiger partial charge in [0.1, 0.15) is 24.7 Å². The maximum absolute atomic E-state index is 12.8. The van der Waals surface area contributed by atoms with Crippen LogP contribution in [-0.4, -0.2) is 94.8 Å². The summed E-state index contributed by atoms with van der Waals surface area (Å²) in [5, 5.41) is 23.2. The Balaban J connectivity index is 1.87. The predicted octanol–water partition coefficient (Wildman–Crippen LogP) is -2.50. The molecule has 2 amide bonds. The van der Waals surface area contributed by atoms with Crippen LogP contribution in [0.2, 0.25) is 0 Å². The van der Waals surface area contributed by atoms with Gasteiger partial charge >= 0.3 is 6.03 Å². The molecule has 0 aromatic heterocycles. The number of aliphatic imine (C=N–C) groups is 2. The molecule has 27 heavy (non-hydrogen) atoms. The lowest BCUT2D eigenvalue weighted by Gasteiger charge is -2.39. The second-order valence-corrected chi connectivity index (χ2v) is 6.89. The van der Waals surface area contributed by atoms with Crippen molar-refractivity contribution in [3.63, 3.8) is 0 Å². The van der Waals surface area contributed by atoms with Crippen LogP contribution in [0, 0.1) is 0 Å². The number of nitrogens with zero attached hydrogens (tertiary/aromatic N) is 4. The first-order valence-electron chi connectivity index (χ1n) is 8.85. The maximum atomic E-state index is 12.8. The maximum Gasteiger partial charge on any atom is 0.327 e. The van der Waals surface area contributed by atoms with Crippen molar-refractivity contribution in [2.24, 2.45) is 21.6 Å². The van der Waals surface area contributed by atoms with Crippen LogP contribution < -0.4 is 16.9 Å². The van der Waals surface area contributed by atoms with Crippen molar-refractivity contribution < 1.29 is 24.6 Å². The number of nitrogens with two attached hydrogens (primary N) is 2. The first kappa shape index (κ1) is 19.9. The molecule has 1 unspecified atom stereocenters. The van der Waals surface area contributed by atoms with E-state index in [1.807, 2.05) is 4.90 Å². The number of nitrogens with one attached hydrogen (secondary N) is 1. The van der Waals surface area contributed by atoms with Gasteiger partial charge in [0.15, 0.2) is 12.1 Å². The van der Waals surface area contributed by atoms with Crippen molar-refractivity contribution in [1.82, 2.24) is 15.1 Å². The number of ether oxygens (including phenoxy) is 1. The lowest BCUT2D eigenvalue weighted by Crippen LogP contribution is -2.68. The molecule has 3 heterocycles. The lowest BCUT2D eigenvalue weighted by atomic mass is 10.0. The third kappa shape index (κ3) is 3.17. The summed E-state index contributed by atoms with van der Waals surface area (Å²) in [6, 6.07) is -0.531. The summed E-state index contributed by atoms with van der Waals surface area (Å²) in [6.07, 6.45) is -2.60. The van der Waals surface area contributed by atoms with E-state index in [1.54, 1.807) is 14.0 Å². The van der Waals surface area contributed by atoms with Crippen LogP contribution in [0.1, 0.15) is 19.8 Å². The van der Waals surface area contributed by atoms with Gasteiger partial charge in [-0.05, 0) is 26.8 Å². The van der Waals surface area contributed by atoms with Gasteiger partial charge in [0.2, 0.25) is 5.66 Å². The van der Waals surface area contributed by atoms with Crippen LogP contribution in [0.3, 0.4) is 0 Å². The summed E-state index contributed by atoms with van der Waals surface area (Å²) in [5.74, 6) is 5.53. The first-order chi connectivity index (χ1) is 12.8. The Morgan fingerprint density at radius 3 is 2.78 bits per heavy atom. The highest BCUT2D eigenvalue weighted by Gasteiger charge is 2.60. The molecule has 3 aliphatic rings. The van der Waals surface area contributed by atoms with Crippen molar-refractivity contribution in [2.75, 3.05) is 26.9 Å². The zero-order valence-corrected chi connectivity index (χ0v) is 15.4. The molecule has 5 atom stereocenters. The molecule has 7 N–H and O–H groups in total. The molecular weight excluding hydrogens is 358 g/mol. The average Bonchev–Trinajstić information content (AvgIpc) is 3.08. The average molecular weight is 385 g/mol. The highest BCUT2D eigenvalue weighted by atomic mass is 16.6. The normalized spacial score (nSPS) is 35.9.